The van der Waals surface area contributed by atoms with E-state index in [1.54, 1.807) is 0 Å². The molecule has 0 N–H and O–H groups in total. The largest absolute Gasteiger partial charge is 0.309 e. The standard InChI is InChI=1S/C50H34N2/c1-3-16-35(17-4-1)41-22-11-13-26-46(41)52(49-29-15-28-48-50(49)44-25-12-14-27-47(44)51(48)38-19-5-2-6-20-38)39-32-30-36(31-33-39)45-34-37-18-7-8-21-40(37)42-23-9-10-24-43(42)45/h1-34H. The van der Waals surface area contributed by atoms with Crippen molar-refractivity contribution in [1.29, 1.82) is 0 Å². The van der Waals surface area contributed by atoms with Gasteiger partial charge in [-0.2, -0.15) is 0 Å². The van der Waals surface area contributed by atoms with E-state index in [4.69, 9.17) is 0 Å². The Bertz CT molecular complexity index is 2890. The number of anilines is 3. The molecule has 0 fully saturated rings. The molecular formula is C50H34N2. The van der Waals surface area contributed by atoms with Gasteiger partial charge in [0, 0.05) is 27.7 Å². The topological polar surface area (TPSA) is 8.17 Å². The van der Waals surface area contributed by atoms with Crippen LogP contribution in [0.1, 0.15) is 0 Å². The zero-order chi connectivity index (χ0) is 34.4. The molecule has 0 aliphatic rings. The fourth-order valence-corrected chi connectivity index (χ4v) is 8.06. The average molecular weight is 663 g/mol. The number of hydrogen-bond donors (Lipinski definition) is 0. The van der Waals surface area contributed by atoms with E-state index >= 15 is 0 Å². The van der Waals surface area contributed by atoms with Crippen molar-refractivity contribution >= 4 is 60.4 Å². The van der Waals surface area contributed by atoms with Gasteiger partial charge in [0.15, 0.2) is 0 Å². The summed E-state index contributed by atoms with van der Waals surface area (Å²) in [5.41, 5.74) is 11.7. The van der Waals surface area contributed by atoms with Gasteiger partial charge in [-0.1, -0.05) is 152 Å². The highest BCUT2D eigenvalue weighted by Crippen LogP contribution is 2.47. The van der Waals surface area contributed by atoms with Crippen LogP contribution in [0.3, 0.4) is 0 Å². The van der Waals surface area contributed by atoms with Crippen molar-refractivity contribution < 1.29 is 0 Å². The Morgan fingerprint density at radius 1 is 0.346 bits per heavy atom. The number of fused-ring (bicyclic) bond motifs is 6. The molecule has 0 bridgehead atoms. The molecule has 0 radical (unpaired) electrons. The van der Waals surface area contributed by atoms with Crippen molar-refractivity contribution in [1.82, 2.24) is 4.57 Å². The molecule has 10 rings (SSSR count). The molecule has 0 aliphatic carbocycles. The number of nitrogens with zero attached hydrogens (tertiary/aromatic N) is 2. The van der Waals surface area contributed by atoms with Gasteiger partial charge in [-0.15, -0.1) is 0 Å². The third-order valence-corrected chi connectivity index (χ3v) is 10.4. The Morgan fingerprint density at radius 2 is 0.923 bits per heavy atom. The van der Waals surface area contributed by atoms with E-state index < -0.39 is 0 Å². The van der Waals surface area contributed by atoms with Gasteiger partial charge in [0.1, 0.15) is 0 Å². The number of hydrogen-bond acceptors (Lipinski definition) is 1. The van der Waals surface area contributed by atoms with Gasteiger partial charge >= 0.3 is 0 Å². The minimum atomic E-state index is 1.10. The summed E-state index contributed by atoms with van der Waals surface area (Å²) >= 11 is 0. The summed E-state index contributed by atoms with van der Waals surface area (Å²) in [6.45, 7) is 0. The van der Waals surface area contributed by atoms with Gasteiger partial charge in [0.25, 0.3) is 0 Å². The van der Waals surface area contributed by atoms with Crippen LogP contribution in [0, 0.1) is 0 Å². The van der Waals surface area contributed by atoms with Gasteiger partial charge in [-0.25, -0.2) is 0 Å². The molecule has 244 valence electrons. The predicted molar refractivity (Wildman–Crippen MR) is 221 cm³/mol. The summed E-state index contributed by atoms with van der Waals surface area (Å²) < 4.78 is 2.39. The van der Waals surface area contributed by atoms with Gasteiger partial charge in [0.05, 0.1) is 22.4 Å². The molecule has 9 aromatic carbocycles. The Kier molecular flexibility index (Phi) is 7.18. The molecule has 1 aromatic heterocycles. The van der Waals surface area contributed by atoms with Crippen LogP contribution in [0.15, 0.2) is 206 Å². The molecule has 2 nitrogen and oxygen atoms in total. The van der Waals surface area contributed by atoms with Crippen molar-refractivity contribution in [3.8, 4) is 27.9 Å². The first kappa shape index (κ1) is 30.0. The molecule has 0 saturated carbocycles. The number of rotatable bonds is 6. The van der Waals surface area contributed by atoms with Crippen LogP contribution in [0.4, 0.5) is 17.1 Å². The second-order valence-corrected chi connectivity index (χ2v) is 13.3. The Morgan fingerprint density at radius 3 is 1.73 bits per heavy atom. The molecule has 0 saturated heterocycles. The van der Waals surface area contributed by atoms with Gasteiger partial charge < -0.3 is 9.47 Å². The van der Waals surface area contributed by atoms with Crippen molar-refractivity contribution in [2.24, 2.45) is 0 Å². The summed E-state index contributed by atoms with van der Waals surface area (Å²) in [4.78, 5) is 2.45. The van der Waals surface area contributed by atoms with Crippen LogP contribution in [0.2, 0.25) is 0 Å². The zero-order valence-electron chi connectivity index (χ0n) is 28.5. The van der Waals surface area contributed by atoms with Crippen molar-refractivity contribution in [2.45, 2.75) is 0 Å². The first-order valence-electron chi connectivity index (χ1n) is 17.9. The van der Waals surface area contributed by atoms with Crippen molar-refractivity contribution in [2.75, 3.05) is 4.90 Å². The maximum absolute atomic E-state index is 2.45. The number of para-hydroxylation sites is 3. The van der Waals surface area contributed by atoms with E-state index in [0.717, 1.165) is 22.7 Å². The maximum Gasteiger partial charge on any atom is 0.0562 e. The molecule has 52 heavy (non-hydrogen) atoms. The van der Waals surface area contributed by atoms with Crippen LogP contribution < -0.4 is 4.90 Å². The first-order chi connectivity index (χ1) is 25.8. The van der Waals surface area contributed by atoms with E-state index in [-0.39, 0.29) is 0 Å². The average Bonchev–Trinajstić information content (AvgIpc) is 3.57. The molecule has 10 aromatic rings. The van der Waals surface area contributed by atoms with Gasteiger partial charge in [-0.05, 0) is 92.8 Å². The highest BCUT2D eigenvalue weighted by atomic mass is 15.1. The quantitative estimate of drug-likeness (QED) is 0.161. The van der Waals surface area contributed by atoms with Crippen LogP contribution in [-0.4, -0.2) is 4.57 Å². The molecule has 0 aliphatic heterocycles. The Labute approximate surface area is 303 Å². The predicted octanol–water partition coefficient (Wildman–Crippen LogP) is 13.9. The SMILES string of the molecule is c1ccc(-c2ccccc2N(c2ccc(-c3cc4ccccc4c4ccccc34)cc2)c2cccc3c2c2ccccc2n3-c2ccccc2)cc1. The minimum absolute atomic E-state index is 1.10. The summed E-state index contributed by atoms with van der Waals surface area (Å²) in [6, 6.07) is 74.7. The molecule has 0 atom stereocenters. The van der Waals surface area contributed by atoms with Crippen molar-refractivity contribution in [3.05, 3.63) is 206 Å². The fourth-order valence-electron chi connectivity index (χ4n) is 8.06. The van der Waals surface area contributed by atoms with E-state index in [1.165, 1.54) is 65.6 Å². The van der Waals surface area contributed by atoms with Crippen LogP contribution in [-0.2, 0) is 0 Å². The maximum atomic E-state index is 2.45. The molecular weight excluding hydrogens is 629 g/mol. The first-order valence-corrected chi connectivity index (χ1v) is 17.9. The van der Waals surface area contributed by atoms with E-state index in [0.29, 0.717) is 0 Å². The second kappa shape index (κ2) is 12.5. The lowest BCUT2D eigenvalue weighted by Crippen LogP contribution is -2.11. The van der Waals surface area contributed by atoms with Crippen LogP contribution in [0.25, 0.3) is 71.3 Å². The Hall–Kier alpha value is -6.90. The van der Waals surface area contributed by atoms with Crippen molar-refractivity contribution in [3.63, 3.8) is 0 Å². The molecule has 0 spiro atoms. The zero-order valence-corrected chi connectivity index (χ0v) is 28.5. The summed E-state index contributed by atoms with van der Waals surface area (Å²) in [5, 5.41) is 7.51. The lowest BCUT2D eigenvalue weighted by molar-refractivity contribution is 1.18. The lowest BCUT2D eigenvalue weighted by atomic mass is 9.93. The normalized spacial score (nSPS) is 11.5. The van der Waals surface area contributed by atoms with E-state index in [9.17, 15) is 0 Å². The number of benzene rings is 9. The summed E-state index contributed by atoms with van der Waals surface area (Å²) in [5.74, 6) is 0. The Balaban J connectivity index is 1.23. The molecule has 0 unspecified atom stereocenters. The van der Waals surface area contributed by atoms with E-state index in [1.807, 2.05) is 0 Å². The minimum Gasteiger partial charge on any atom is -0.309 e. The molecule has 1 heterocycles. The second-order valence-electron chi connectivity index (χ2n) is 13.3. The third-order valence-electron chi connectivity index (χ3n) is 10.4. The summed E-state index contributed by atoms with van der Waals surface area (Å²) in [7, 11) is 0. The molecule has 2 heteroatoms. The fraction of sp³-hybridized carbons (Fsp3) is 0. The number of aromatic nitrogens is 1. The highest BCUT2D eigenvalue weighted by molar-refractivity contribution is 6.17. The highest BCUT2D eigenvalue weighted by Gasteiger charge is 2.23. The van der Waals surface area contributed by atoms with Crippen LogP contribution in [0.5, 0.6) is 0 Å². The summed E-state index contributed by atoms with van der Waals surface area (Å²) in [6.07, 6.45) is 0. The van der Waals surface area contributed by atoms with Crippen LogP contribution >= 0.6 is 0 Å². The smallest absolute Gasteiger partial charge is 0.0562 e. The third kappa shape index (κ3) is 4.88. The lowest BCUT2D eigenvalue weighted by Gasteiger charge is -2.29. The van der Waals surface area contributed by atoms with Gasteiger partial charge in [0.2, 0.25) is 0 Å². The monoisotopic (exact) mass is 662 g/mol. The molecule has 0 amide bonds. The van der Waals surface area contributed by atoms with Gasteiger partial charge in [-0.3, -0.25) is 0 Å². The van der Waals surface area contributed by atoms with E-state index in [2.05, 4.69) is 216 Å².